The first kappa shape index (κ1) is 14.7. The maximum absolute atomic E-state index is 12.4. The van der Waals surface area contributed by atoms with Gasteiger partial charge in [0.05, 0.1) is 16.8 Å². The summed E-state index contributed by atoms with van der Waals surface area (Å²) in [5.74, 6) is -1.83. The first-order valence-electron chi connectivity index (χ1n) is 6.74. The van der Waals surface area contributed by atoms with Gasteiger partial charge in [0.15, 0.2) is 0 Å². The van der Waals surface area contributed by atoms with Crippen LogP contribution in [0, 0.1) is 5.92 Å². The van der Waals surface area contributed by atoms with E-state index < -0.39 is 32.8 Å². The van der Waals surface area contributed by atoms with E-state index in [0.717, 1.165) is 6.42 Å². The Hall–Kier alpha value is -0.660. The molecule has 2 atom stereocenters. The summed E-state index contributed by atoms with van der Waals surface area (Å²) in [6.45, 7) is 2.14. The van der Waals surface area contributed by atoms with Crippen LogP contribution in [0.3, 0.4) is 0 Å². The van der Waals surface area contributed by atoms with Crippen molar-refractivity contribution in [2.24, 2.45) is 5.92 Å². The first-order valence-corrected chi connectivity index (χ1v) is 8.24. The second-order valence-corrected chi connectivity index (χ2v) is 7.85. The van der Waals surface area contributed by atoms with Gasteiger partial charge in [-0.05, 0) is 19.3 Å². The molecular weight excluding hydrogens is 270 g/mol. The quantitative estimate of drug-likeness (QED) is 0.765. The highest BCUT2D eigenvalue weighted by atomic mass is 32.2. The molecule has 7 heteroatoms. The third-order valence-corrected chi connectivity index (χ3v) is 6.48. The summed E-state index contributed by atoms with van der Waals surface area (Å²) in [6, 6.07) is 0. The molecule has 0 aromatic carbocycles. The van der Waals surface area contributed by atoms with E-state index in [-0.39, 0.29) is 13.1 Å². The number of β-amino-alcohol motifs (C(OH)–C–C–N with tert-alkyl or cyclic N) is 1. The van der Waals surface area contributed by atoms with E-state index in [0.29, 0.717) is 25.7 Å². The van der Waals surface area contributed by atoms with E-state index in [1.165, 1.54) is 4.31 Å². The van der Waals surface area contributed by atoms with Crippen LogP contribution in [0.2, 0.25) is 0 Å². The highest BCUT2D eigenvalue weighted by molar-refractivity contribution is 7.89. The number of aliphatic carboxylic acids is 1. The summed E-state index contributed by atoms with van der Waals surface area (Å²) in [5.41, 5.74) is -0.918. The second kappa shape index (κ2) is 5.03. The van der Waals surface area contributed by atoms with Crippen molar-refractivity contribution >= 4 is 16.0 Å². The predicted molar refractivity (Wildman–Crippen MR) is 69.1 cm³/mol. The van der Waals surface area contributed by atoms with Crippen molar-refractivity contribution in [1.29, 1.82) is 0 Å². The van der Waals surface area contributed by atoms with Crippen LogP contribution in [0.1, 0.15) is 39.0 Å². The van der Waals surface area contributed by atoms with E-state index in [1.807, 2.05) is 6.92 Å². The minimum absolute atomic E-state index is 0.103. The molecule has 6 nitrogen and oxygen atoms in total. The molecule has 19 heavy (non-hydrogen) atoms. The Labute approximate surface area is 113 Å². The Kier molecular flexibility index (Phi) is 3.90. The highest BCUT2D eigenvalue weighted by Gasteiger charge is 2.51. The van der Waals surface area contributed by atoms with Crippen LogP contribution in [-0.4, -0.2) is 52.8 Å². The van der Waals surface area contributed by atoms with Crippen molar-refractivity contribution in [2.45, 2.75) is 49.9 Å². The van der Waals surface area contributed by atoms with Gasteiger partial charge in [-0.1, -0.05) is 19.8 Å². The maximum atomic E-state index is 12.4. The minimum Gasteiger partial charge on any atom is -0.481 e. The average Bonchev–Trinajstić information content (AvgIpc) is 2.75. The molecule has 0 radical (unpaired) electrons. The number of carboxylic acid groups (broad SMARTS) is 1. The van der Waals surface area contributed by atoms with Gasteiger partial charge in [0.1, 0.15) is 0 Å². The Balaban J connectivity index is 2.06. The summed E-state index contributed by atoms with van der Waals surface area (Å²) < 4.78 is 26.0. The summed E-state index contributed by atoms with van der Waals surface area (Å²) in [6.07, 6.45) is 2.83. The molecule has 0 bridgehead atoms. The number of carboxylic acids is 1. The van der Waals surface area contributed by atoms with Gasteiger partial charge in [-0.15, -0.1) is 0 Å². The molecule has 1 heterocycles. The summed E-state index contributed by atoms with van der Waals surface area (Å²) in [5, 5.41) is 18.3. The normalized spacial score (nSPS) is 31.1. The molecule has 0 aromatic heterocycles. The Morgan fingerprint density at radius 1 is 1.37 bits per heavy atom. The van der Waals surface area contributed by atoms with E-state index in [1.54, 1.807) is 0 Å². The SMILES string of the molecule is CCCC1(O)CN(S(=O)(=O)C2CCCC2C(=O)O)C1. The fraction of sp³-hybridized carbons (Fsp3) is 0.917. The third kappa shape index (κ3) is 2.64. The third-order valence-electron chi connectivity index (χ3n) is 4.17. The van der Waals surface area contributed by atoms with Crippen molar-refractivity contribution in [2.75, 3.05) is 13.1 Å². The summed E-state index contributed by atoms with van der Waals surface area (Å²) in [4.78, 5) is 11.1. The van der Waals surface area contributed by atoms with E-state index in [2.05, 4.69) is 0 Å². The number of hydrogen-bond donors (Lipinski definition) is 2. The van der Waals surface area contributed by atoms with Crippen LogP contribution in [-0.2, 0) is 14.8 Å². The Bertz CT molecular complexity index is 455. The molecule has 1 saturated carbocycles. The Morgan fingerprint density at radius 2 is 2.00 bits per heavy atom. The van der Waals surface area contributed by atoms with Crippen LogP contribution < -0.4 is 0 Å². The smallest absolute Gasteiger partial charge is 0.307 e. The Morgan fingerprint density at radius 3 is 2.53 bits per heavy atom. The topological polar surface area (TPSA) is 94.9 Å². The molecule has 1 aliphatic carbocycles. The molecule has 0 spiro atoms. The van der Waals surface area contributed by atoms with Crippen molar-refractivity contribution in [3.05, 3.63) is 0 Å². The summed E-state index contributed by atoms with van der Waals surface area (Å²) >= 11 is 0. The molecule has 2 rings (SSSR count). The molecule has 0 aromatic rings. The van der Waals surface area contributed by atoms with Crippen LogP contribution in [0.5, 0.6) is 0 Å². The number of hydrogen-bond acceptors (Lipinski definition) is 4. The van der Waals surface area contributed by atoms with E-state index in [9.17, 15) is 18.3 Å². The largest absolute Gasteiger partial charge is 0.481 e. The van der Waals surface area contributed by atoms with Crippen molar-refractivity contribution in [1.82, 2.24) is 4.31 Å². The predicted octanol–water partition coefficient (Wildman–Crippen LogP) is 0.416. The zero-order chi connectivity index (χ0) is 14.3. The molecule has 2 unspecified atom stereocenters. The minimum atomic E-state index is -3.59. The standard InChI is InChI=1S/C12H21NO5S/c1-2-6-12(16)7-13(8-12)19(17,18)10-5-3-4-9(10)11(14)15/h9-10,16H,2-8H2,1H3,(H,14,15). The van der Waals surface area contributed by atoms with Gasteiger partial charge >= 0.3 is 5.97 Å². The molecule has 2 aliphatic rings. The highest BCUT2D eigenvalue weighted by Crippen LogP contribution is 2.37. The molecule has 1 saturated heterocycles. The molecule has 2 N–H and O–H groups in total. The first-order chi connectivity index (χ1) is 8.80. The fourth-order valence-electron chi connectivity index (χ4n) is 3.17. The van der Waals surface area contributed by atoms with Crippen LogP contribution in [0.4, 0.5) is 0 Å². The van der Waals surface area contributed by atoms with Crippen molar-refractivity contribution in [3.63, 3.8) is 0 Å². The average molecular weight is 291 g/mol. The maximum Gasteiger partial charge on any atom is 0.307 e. The van der Waals surface area contributed by atoms with Gasteiger partial charge in [0, 0.05) is 13.1 Å². The van der Waals surface area contributed by atoms with E-state index >= 15 is 0 Å². The second-order valence-electron chi connectivity index (χ2n) is 5.70. The van der Waals surface area contributed by atoms with Crippen LogP contribution in [0.15, 0.2) is 0 Å². The van der Waals surface area contributed by atoms with Gasteiger partial charge in [0.2, 0.25) is 10.0 Å². The fourth-order valence-corrected chi connectivity index (χ4v) is 5.53. The monoisotopic (exact) mass is 291 g/mol. The van der Waals surface area contributed by atoms with Crippen LogP contribution in [0.25, 0.3) is 0 Å². The number of aliphatic hydroxyl groups is 1. The molecule has 110 valence electrons. The summed E-state index contributed by atoms with van der Waals surface area (Å²) in [7, 11) is -3.59. The number of carbonyl (C=O) groups is 1. The lowest BCUT2D eigenvalue weighted by molar-refractivity contribution is -0.141. The van der Waals surface area contributed by atoms with E-state index in [4.69, 9.17) is 5.11 Å². The molecule has 2 fully saturated rings. The lowest BCUT2D eigenvalue weighted by Crippen LogP contribution is -2.65. The number of rotatable bonds is 5. The van der Waals surface area contributed by atoms with Gasteiger partial charge in [-0.3, -0.25) is 4.79 Å². The van der Waals surface area contributed by atoms with Gasteiger partial charge in [-0.25, -0.2) is 8.42 Å². The lowest BCUT2D eigenvalue weighted by atomic mass is 9.92. The lowest BCUT2D eigenvalue weighted by Gasteiger charge is -2.46. The van der Waals surface area contributed by atoms with Crippen molar-refractivity contribution in [3.8, 4) is 0 Å². The number of nitrogens with zero attached hydrogens (tertiary/aromatic N) is 1. The zero-order valence-electron chi connectivity index (χ0n) is 11.1. The van der Waals surface area contributed by atoms with Gasteiger partial charge in [0.25, 0.3) is 0 Å². The van der Waals surface area contributed by atoms with Gasteiger partial charge < -0.3 is 10.2 Å². The molecular formula is C12H21NO5S. The van der Waals surface area contributed by atoms with Crippen LogP contribution >= 0.6 is 0 Å². The molecule has 1 aliphatic heterocycles. The molecule has 0 amide bonds. The number of sulfonamides is 1. The zero-order valence-corrected chi connectivity index (χ0v) is 11.9. The van der Waals surface area contributed by atoms with Gasteiger partial charge in [-0.2, -0.15) is 4.31 Å². The van der Waals surface area contributed by atoms with Crippen molar-refractivity contribution < 1.29 is 23.4 Å².